The van der Waals surface area contributed by atoms with Gasteiger partial charge in [0.1, 0.15) is 5.69 Å². The van der Waals surface area contributed by atoms with Crippen LogP contribution in [0, 0.1) is 6.92 Å². The van der Waals surface area contributed by atoms with E-state index in [9.17, 15) is 5.11 Å². The van der Waals surface area contributed by atoms with Crippen LogP contribution < -0.4 is 11.1 Å². The first-order valence-electron chi connectivity index (χ1n) is 9.78. The van der Waals surface area contributed by atoms with Crippen LogP contribution in [0.1, 0.15) is 38.1 Å². The second-order valence-electron chi connectivity index (χ2n) is 7.41. The van der Waals surface area contributed by atoms with Crippen LogP contribution in [0.4, 0.5) is 0 Å². The number of hydrogen-bond acceptors (Lipinski definition) is 5. The molecule has 0 radical (unpaired) electrons. The minimum atomic E-state index is -0.540. The van der Waals surface area contributed by atoms with Crippen molar-refractivity contribution in [1.82, 2.24) is 29.5 Å². The molecule has 9 nitrogen and oxygen atoms in total. The molecular formula is C21H28N8O. The van der Waals surface area contributed by atoms with Gasteiger partial charge in [-0.25, -0.2) is 15.0 Å². The van der Waals surface area contributed by atoms with Gasteiger partial charge >= 0.3 is 0 Å². The first kappa shape index (κ1) is 21.3. The van der Waals surface area contributed by atoms with Gasteiger partial charge in [0.15, 0.2) is 5.96 Å². The minimum absolute atomic E-state index is 0.157. The average Bonchev–Trinajstić information content (AvgIpc) is 3.28. The Labute approximate surface area is 175 Å². The zero-order chi connectivity index (χ0) is 21.8. The predicted octanol–water partition coefficient (Wildman–Crippen LogP) is 2.29. The van der Waals surface area contributed by atoms with Crippen LogP contribution in [0.2, 0.25) is 0 Å². The van der Waals surface area contributed by atoms with E-state index in [0.29, 0.717) is 18.0 Å². The van der Waals surface area contributed by atoms with Gasteiger partial charge in [0.2, 0.25) is 5.78 Å². The van der Waals surface area contributed by atoms with E-state index in [1.807, 2.05) is 34.6 Å². The van der Waals surface area contributed by atoms with E-state index < -0.39 is 6.10 Å². The van der Waals surface area contributed by atoms with E-state index in [1.165, 1.54) is 0 Å². The quantitative estimate of drug-likeness (QED) is 0.314. The molecule has 1 atom stereocenters. The number of rotatable bonds is 7. The Kier molecular flexibility index (Phi) is 6.31. The van der Waals surface area contributed by atoms with Crippen molar-refractivity contribution in [2.24, 2.45) is 10.7 Å². The fourth-order valence-corrected chi connectivity index (χ4v) is 2.90. The highest BCUT2D eigenvalue weighted by molar-refractivity contribution is 5.88. The minimum Gasteiger partial charge on any atom is -0.392 e. The summed E-state index contributed by atoms with van der Waals surface area (Å²) in [4.78, 5) is 13.3. The molecule has 3 aromatic rings. The summed E-state index contributed by atoms with van der Waals surface area (Å²) in [6.07, 6.45) is 10.4. The SMILES string of the molecule is C=C/C=C(\N=C(/N)NC[C@H](C)O)c1cn(C(C)C)nc1-c1cnc2nc(C)cn2c1. The fourth-order valence-electron chi connectivity index (χ4n) is 2.90. The molecule has 3 heterocycles. The number of imidazole rings is 1. The summed E-state index contributed by atoms with van der Waals surface area (Å²) in [6.45, 7) is 11.8. The molecule has 0 saturated heterocycles. The van der Waals surface area contributed by atoms with Crippen molar-refractivity contribution < 1.29 is 5.11 Å². The fraction of sp³-hybridized carbons (Fsp3) is 0.333. The molecule has 3 rings (SSSR count). The van der Waals surface area contributed by atoms with Crippen molar-refractivity contribution in [3.63, 3.8) is 0 Å². The molecule has 0 bridgehead atoms. The van der Waals surface area contributed by atoms with Gasteiger partial charge in [-0.2, -0.15) is 5.10 Å². The van der Waals surface area contributed by atoms with Crippen LogP contribution in [-0.4, -0.2) is 47.9 Å². The molecule has 3 aromatic heterocycles. The number of guanidine groups is 1. The molecule has 0 saturated carbocycles. The summed E-state index contributed by atoms with van der Waals surface area (Å²) >= 11 is 0. The summed E-state index contributed by atoms with van der Waals surface area (Å²) < 4.78 is 3.75. The van der Waals surface area contributed by atoms with Crippen molar-refractivity contribution in [3.8, 4) is 11.3 Å². The molecule has 0 fully saturated rings. The molecule has 9 heteroatoms. The van der Waals surface area contributed by atoms with Crippen LogP contribution in [-0.2, 0) is 0 Å². The van der Waals surface area contributed by atoms with Gasteiger partial charge in [-0.3, -0.25) is 9.08 Å². The molecule has 0 aliphatic rings. The zero-order valence-corrected chi connectivity index (χ0v) is 17.7. The van der Waals surface area contributed by atoms with Crippen LogP contribution in [0.15, 0.2) is 48.5 Å². The third-order valence-corrected chi connectivity index (χ3v) is 4.34. The summed E-state index contributed by atoms with van der Waals surface area (Å²) in [6, 6.07) is 0.157. The normalized spacial score (nSPS) is 13.8. The summed E-state index contributed by atoms with van der Waals surface area (Å²) in [5.74, 6) is 0.832. The van der Waals surface area contributed by atoms with Crippen molar-refractivity contribution in [1.29, 1.82) is 0 Å². The Hall–Kier alpha value is -3.46. The maximum Gasteiger partial charge on any atom is 0.233 e. The largest absolute Gasteiger partial charge is 0.392 e. The molecular weight excluding hydrogens is 380 g/mol. The van der Waals surface area contributed by atoms with E-state index in [2.05, 4.69) is 40.7 Å². The first-order chi connectivity index (χ1) is 14.3. The Morgan fingerprint density at radius 2 is 2.10 bits per heavy atom. The molecule has 158 valence electrons. The standard InChI is InChI=1S/C21H28N8O/c1-6-7-18(26-20(22)23-8-15(5)30)17-12-29(13(2)3)27-19(17)16-9-24-21-25-14(4)10-28(21)11-16/h6-7,9-13,15,30H,1,8H2,2-5H3,(H3,22,23,26)/b18-7-/t15-/m0/s1. The first-order valence-corrected chi connectivity index (χ1v) is 9.78. The van der Waals surface area contributed by atoms with Crippen molar-refractivity contribution >= 4 is 17.4 Å². The number of nitrogens with zero attached hydrogens (tertiary/aromatic N) is 6. The molecule has 0 aliphatic heterocycles. The Morgan fingerprint density at radius 1 is 1.33 bits per heavy atom. The van der Waals surface area contributed by atoms with Crippen LogP contribution in [0.5, 0.6) is 0 Å². The number of hydrogen-bond donors (Lipinski definition) is 3. The van der Waals surface area contributed by atoms with Gasteiger partial charge in [-0.1, -0.05) is 12.7 Å². The number of nitrogens with two attached hydrogens (primary N) is 1. The molecule has 0 unspecified atom stereocenters. The lowest BCUT2D eigenvalue weighted by molar-refractivity contribution is 0.198. The molecule has 0 amide bonds. The van der Waals surface area contributed by atoms with E-state index in [0.717, 1.165) is 22.5 Å². The van der Waals surface area contributed by atoms with Gasteiger partial charge in [0.05, 0.1) is 17.5 Å². The van der Waals surface area contributed by atoms with Crippen molar-refractivity contribution in [2.45, 2.75) is 39.8 Å². The number of nitrogens with one attached hydrogen (secondary N) is 1. The molecule has 0 spiro atoms. The maximum atomic E-state index is 9.47. The molecule has 0 aromatic carbocycles. The molecule has 0 aliphatic carbocycles. The lowest BCUT2D eigenvalue weighted by atomic mass is 10.1. The van der Waals surface area contributed by atoms with Gasteiger partial charge < -0.3 is 16.2 Å². The summed E-state index contributed by atoms with van der Waals surface area (Å²) in [7, 11) is 0. The van der Waals surface area contributed by atoms with E-state index in [-0.39, 0.29) is 12.0 Å². The Bertz CT molecular complexity index is 1100. The third kappa shape index (κ3) is 4.74. The Morgan fingerprint density at radius 3 is 2.77 bits per heavy atom. The second kappa shape index (κ2) is 8.91. The van der Waals surface area contributed by atoms with Gasteiger partial charge in [-0.05, 0) is 33.8 Å². The monoisotopic (exact) mass is 408 g/mol. The van der Waals surface area contributed by atoms with Gasteiger partial charge in [0.25, 0.3) is 0 Å². The highest BCUT2D eigenvalue weighted by Crippen LogP contribution is 2.29. The Balaban J connectivity index is 2.10. The number of aryl methyl sites for hydroxylation is 1. The smallest absolute Gasteiger partial charge is 0.233 e. The number of aliphatic imine (C=N–C) groups is 1. The van der Waals surface area contributed by atoms with Gasteiger partial charge in [-0.15, -0.1) is 0 Å². The van der Waals surface area contributed by atoms with Gasteiger partial charge in [0, 0.05) is 48.5 Å². The van der Waals surface area contributed by atoms with Crippen molar-refractivity contribution in [3.05, 3.63) is 54.8 Å². The third-order valence-electron chi connectivity index (χ3n) is 4.34. The van der Waals surface area contributed by atoms with E-state index in [4.69, 9.17) is 10.8 Å². The number of allylic oxidation sites excluding steroid dienone is 2. The zero-order valence-electron chi connectivity index (χ0n) is 17.7. The lowest BCUT2D eigenvalue weighted by Gasteiger charge is -2.09. The number of aliphatic hydroxyl groups is 1. The lowest BCUT2D eigenvalue weighted by Crippen LogP contribution is -2.36. The predicted molar refractivity (Wildman–Crippen MR) is 119 cm³/mol. The summed E-state index contributed by atoms with van der Waals surface area (Å²) in [5.41, 5.74) is 9.87. The van der Waals surface area contributed by atoms with Crippen LogP contribution in [0.3, 0.4) is 0 Å². The number of aromatic nitrogens is 5. The highest BCUT2D eigenvalue weighted by atomic mass is 16.3. The van der Waals surface area contributed by atoms with E-state index >= 15 is 0 Å². The van der Waals surface area contributed by atoms with Crippen LogP contribution >= 0.6 is 0 Å². The maximum absolute atomic E-state index is 9.47. The average molecular weight is 409 g/mol. The highest BCUT2D eigenvalue weighted by Gasteiger charge is 2.18. The van der Waals surface area contributed by atoms with Crippen LogP contribution in [0.25, 0.3) is 22.7 Å². The van der Waals surface area contributed by atoms with Crippen molar-refractivity contribution in [2.75, 3.05) is 6.54 Å². The molecule has 30 heavy (non-hydrogen) atoms. The topological polar surface area (TPSA) is 119 Å². The second-order valence-corrected chi connectivity index (χ2v) is 7.41. The summed E-state index contributed by atoms with van der Waals surface area (Å²) in [5, 5.41) is 17.2. The van der Waals surface area contributed by atoms with E-state index in [1.54, 1.807) is 25.3 Å². The molecule has 4 N–H and O–H groups in total. The number of fused-ring (bicyclic) bond motifs is 1. The number of aliphatic hydroxyl groups excluding tert-OH is 1.